The van der Waals surface area contributed by atoms with Gasteiger partial charge in [-0.05, 0) is 17.7 Å². The highest BCUT2D eigenvalue weighted by atomic mass is 16.6. The second-order valence-electron chi connectivity index (χ2n) is 5.24. The highest BCUT2D eigenvalue weighted by molar-refractivity contribution is 6.11. The van der Waals surface area contributed by atoms with Gasteiger partial charge in [-0.3, -0.25) is 0 Å². The Labute approximate surface area is 141 Å². The maximum absolute atomic E-state index is 5.89. The van der Waals surface area contributed by atoms with Gasteiger partial charge in [0.05, 0.1) is 0 Å². The van der Waals surface area contributed by atoms with Crippen molar-refractivity contribution in [1.82, 2.24) is 9.55 Å². The Hall–Kier alpha value is -3.08. The van der Waals surface area contributed by atoms with E-state index in [2.05, 4.69) is 10.1 Å². The lowest BCUT2D eigenvalue weighted by atomic mass is 10.0. The number of hydrogen-bond donors (Lipinski definition) is 0. The van der Waals surface area contributed by atoms with Gasteiger partial charge >= 0.3 is 0 Å². The van der Waals surface area contributed by atoms with Crippen molar-refractivity contribution < 1.29 is 9.57 Å². The first-order chi connectivity index (χ1) is 11.8. The quantitative estimate of drug-likeness (QED) is 0.516. The van der Waals surface area contributed by atoms with Gasteiger partial charge in [-0.1, -0.05) is 47.6 Å². The molecule has 0 unspecified atom stereocenters. The summed E-state index contributed by atoms with van der Waals surface area (Å²) >= 11 is 0. The maximum Gasteiger partial charge on any atom is 0.162 e. The molecule has 0 fully saturated rings. The molecule has 1 heterocycles. The number of benzene rings is 2. The van der Waals surface area contributed by atoms with Crippen LogP contribution in [0.1, 0.15) is 17.0 Å². The number of imidazole rings is 1. The van der Waals surface area contributed by atoms with E-state index in [0.717, 1.165) is 22.7 Å². The second kappa shape index (κ2) is 7.46. The number of oxime groups is 1. The first-order valence-corrected chi connectivity index (χ1v) is 7.64. The topological polar surface area (TPSA) is 48.6 Å². The minimum atomic E-state index is 0.438. The standard InChI is InChI=1S/C19H19N3O2/c1-22-13-12-20-19(22)18(21-23-2)17-11-7-6-8-15(17)14-24-16-9-4-3-5-10-16/h3-13H,14H2,1-2H3/b21-18-. The van der Waals surface area contributed by atoms with Crippen LogP contribution in [0.3, 0.4) is 0 Å². The molecule has 2 aromatic carbocycles. The van der Waals surface area contributed by atoms with Gasteiger partial charge in [0.1, 0.15) is 19.5 Å². The van der Waals surface area contributed by atoms with Crippen LogP contribution in [0.15, 0.2) is 72.1 Å². The summed E-state index contributed by atoms with van der Waals surface area (Å²) < 4.78 is 7.79. The normalized spacial score (nSPS) is 11.3. The van der Waals surface area contributed by atoms with E-state index in [1.165, 1.54) is 7.11 Å². The van der Waals surface area contributed by atoms with Crippen LogP contribution in [0, 0.1) is 0 Å². The van der Waals surface area contributed by atoms with E-state index in [-0.39, 0.29) is 0 Å². The molecule has 5 heteroatoms. The van der Waals surface area contributed by atoms with Crippen LogP contribution >= 0.6 is 0 Å². The second-order valence-corrected chi connectivity index (χ2v) is 5.24. The highest BCUT2D eigenvalue weighted by Gasteiger charge is 2.16. The highest BCUT2D eigenvalue weighted by Crippen LogP contribution is 2.18. The SMILES string of the molecule is CO/N=C(/c1ccccc1COc1ccccc1)c1nccn1C. The summed E-state index contributed by atoms with van der Waals surface area (Å²) in [7, 11) is 3.46. The summed E-state index contributed by atoms with van der Waals surface area (Å²) in [6, 6.07) is 17.7. The van der Waals surface area contributed by atoms with E-state index in [1.807, 2.05) is 72.4 Å². The number of rotatable bonds is 6. The van der Waals surface area contributed by atoms with Gasteiger partial charge in [-0.2, -0.15) is 0 Å². The molecule has 0 aliphatic carbocycles. The molecule has 0 radical (unpaired) electrons. The number of aromatic nitrogens is 2. The lowest BCUT2D eigenvalue weighted by molar-refractivity contribution is 0.213. The summed E-state index contributed by atoms with van der Waals surface area (Å²) in [6.45, 7) is 0.438. The summed E-state index contributed by atoms with van der Waals surface area (Å²) in [5.74, 6) is 1.57. The molecule has 0 saturated carbocycles. The summed E-state index contributed by atoms with van der Waals surface area (Å²) in [6.07, 6.45) is 3.62. The Morgan fingerprint density at radius 2 is 1.83 bits per heavy atom. The Kier molecular flexibility index (Phi) is 4.91. The smallest absolute Gasteiger partial charge is 0.162 e. The predicted octanol–water partition coefficient (Wildman–Crippen LogP) is 3.40. The van der Waals surface area contributed by atoms with Crippen molar-refractivity contribution in [2.24, 2.45) is 12.2 Å². The van der Waals surface area contributed by atoms with Gasteiger partial charge < -0.3 is 14.1 Å². The minimum absolute atomic E-state index is 0.438. The van der Waals surface area contributed by atoms with Crippen molar-refractivity contribution >= 4 is 5.71 Å². The van der Waals surface area contributed by atoms with E-state index in [9.17, 15) is 0 Å². The number of hydrogen-bond acceptors (Lipinski definition) is 4. The lowest BCUT2D eigenvalue weighted by Gasteiger charge is -2.12. The van der Waals surface area contributed by atoms with E-state index in [0.29, 0.717) is 12.3 Å². The molecule has 5 nitrogen and oxygen atoms in total. The van der Waals surface area contributed by atoms with Crippen LogP contribution in [-0.4, -0.2) is 22.4 Å². The summed E-state index contributed by atoms with van der Waals surface area (Å²) in [5.41, 5.74) is 2.63. The van der Waals surface area contributed by atoms with E-state index in [1.54, 1.807) is 6.20 Å². The molecule has 0 spiro atoms. The van der Waals surface area contributed by atoms with Gasteiger partial charge in [0, 0.05) is 25.0 Å². The Morgan fingerprint density at radius 3 is 2.54 bits per heavy atom. The third kappa shape index (κ3) is 3.46. The fourth-order valence-corrected chi connectivity index (χ4v) is 2.45. The third-order valence-corrected chi connectivity index (χ3v) is 3.63. The van der Waals surface area contributed by atoms with Crippen molar-refractivity contribution in [3.05, 3.63) is 83.9 Å². The monoisotopic (exact) mass is 321 g/mol. The van der Waals surface area contributed by atoms with Gasteiger partial charge in [-0.25, -0.2) is 4.98 Å². The minimum Gasteiger partial charge on any atom is -0.489 e. The van der Waals surface area contributed by atoms with Crippen molar-refractivity contribution in [3.63, 3.8) is 0 Å². The first kappa shape index (κ1) is 15.8. The van der Waals surface area contributed by atoms with E-state index in [4.69, 9.17) is 9.57 Å². The van der Waals surface area contributed by atoms with Gasteiger partial charge in [0.2, 0.25) is 0 Å². The van der Waals surface area contributed by atoms with Crippen LogP contribution in [0.25, 0.3) is 0 Å². The van der Waals surface area contributed by atoms with Crippen molar-refractivity contribution in [2.75, 3.05) is 7.11 Å². The van der Waals surface area contributed by atoms with Crippen LogP contribution in [-0.2, 0) is 18.5 Å². The third-order valence-electron chi connectivity index (χ3n) is 3.63. The Balaban J connectivity index is 1.92. The Bertz CT molecular complexity index is 825. The molecule has 24 heavy (non-hydrogen) atoms. The molecule has 3 rings (SSSR count). The number of ether oxygens (including phenoxy) is 1. The molecule has 0 saturated heterocycles. The van der Waals surface area contributed by atoms with Crippen LogP contribution in [0.4, 0.5) is 0 Å². The zero-order valence-electron chi connectivity index (χ0n) is 13.7. The van der Waals surface area contributed by atoms with Crippen molar-refractivity contribution in [1.29, 1.82) is 0 Å². The number of nitrogens with zero attached hydrogens (tertiary/aromatic N) is 3. The van der Waals surface area contributed by atoms with Gasteiger partial charge in [0.25, 0.3) is 0 Å². The maximum atomic E-state index is 5.89. The van der Waals surface area contributed by atoms with E-state index < -0.39 is 0 Å². The number of para-hydroxylation sites is 1. The molecule has 0 bridgehead atoms. The average molecular weight is 321 g/mol. The molecule has 0 aliphatic heterocycles. The van der Waals surface area contributed by atoms with Crippen LogP contribution in [0.2, 0.25) is 0 Å². The molecule has 0 amide bonds. The van der Waals surface area contributed by atoms with Gasteiger partial charge in [0.15, 0.2) is 11.5 Å². The first-order valence-electron chi connectivity index (χ1n) is 7.64. The van der Waals surface area contributed by atoms with Crippen LogP contribution < -0.4 is 4.74 Å². The Morgan fingerprint density at radius 1 is 1.08 bits per heavy atom. The molecule has 3 aromatic rings. The summed E-state index contributed by atoms with van der Waals surface area (Å²) in [5, 5.41) is 4.19. The largest absolute Gasteiger partial charge is 0.489 e. The zero-order chi connectivity index (χ0) is 16.8. The molecule has 0 atom stereocenters. The van der Waals surface area contributed by atoms with E-state index >= 15 is 0 Å². The van der Waals surface area contributed by atoms with Crippen molar-refractivity contribution in [3.8, 4) is 5.75 Å². The molecule has 0 N–H and O–H groups in total. The fraction of sp³-hybridized carbons (Fsp3) is 0.158. The molecule has 1 aromatic heterocycles. The molecular formula is C19H19N3O2. The van der Waals surface area contributed by atoms with Crippen molar-refractivity contribution in [2.45, 2.75) is 6.61 Å². The predicted molar refractivity (Wildman–Crippen MR) is 93.1 cm³/mol. The molecule has 0 aliphatic rings. The zero-order valence-corrected chi connectivity index (χ0v) is 13.7. The fourth-order valence-electron chi connectivity index (χ4n) is 2.45. The lowest BCUT2D eigenvalue weighted by Crippen LogP contribution is -2.14. The number of aryl methyl sites for hydroxylation is 1. The molecular weight excluding hydrogens is 302 g/mol. The average Bonchev–Trinajstić information content (AvgIpc) is 3.05. The van der Waals surface area contributed by atoms with Crippen LogP contribution in [0.5, 0.6) is 5.75 Å². The molecule has 122 valence electrons. The van der Waals surface area contributed by atoms with Gasteiger partial charge in [-0.15, -0.1) is 0 Å². The summed E-state index contributed by atoms with van der Waals surface area (Å²) in [4.78, 5) is 9.43.